The van der Waals surface area contributed by atoms with Gasteiger partial charge < -0.3 is 4.90 Å². The van der Waals surface area contributed by atoms with Crippen LogP contribution in [0, 0.1) is 25.1 Å². The first-order valence-corrected chi connectivity index (χ1v) is 13.2. The molecular formula is C35H38FN. The summed E-state index contributed by atoms with van der Waals surface area (Å²) < 4.78 is 15.8. The Morgan fingerprint density at radius 3 is 1.62 bits per heavy atom. The Morgan fingerprint density at radius 2 is 1.11 bits per heavy atom. The Balaban J connectivity index is 1.61. The van der Waals surface area contributed by atoms with Crippen molar-refractivity contribution in [3.63, 3.8) is 0 Å². The van der Waals surface area contributed by atoms with Crippen molar-refractivity contribution in [2.24, 2.45) is 5.41 Å². The van der Waals surface area contributed by atoms with Gasteiger partial charge in [0.05, 0.1) is 0 Å². The maximum absolute atomic E-state index is 15.8. The van der Waals surface area contributed by atoms with Crippen LogP contribution < -0.4 is 4.90 Å². The van der Waals surface area contributed by atoms with Crippen LogP contribution in [0.2, 0.25) is 0 Å². The molecular weight excluding hydrogens is 453 g/mol. The maximum Gasteiger partial charge on any atom is 0.127 e. The summed E-state index contributed by atoms with van der Waals surface area (Å²) in [5.74, 6) is -0.0957. The first-order valence-electron chi connectivity index (χ1n) is 13.2. The molecule has 190 valence electrons. The number of benzene rings is 4. The van der Waals surface area contributed by atoms with Crippen LogP contribution in [0.3, 0.4) is 0 Å². The van der Waals surface area contributed by atoms with Gasteiger partial charge in [-0.2, -0.15) is 0 Å². The van der Waals surface area contributed by atoms with E-state index >= 15 is 4.39 Å². The highest BCUT2D eigenvalue weighted by Gasteiger charge is 2.58. The molecule has 2 heteroatoms. The Labute approximate surface area is 222 Å². The highest BCUT2D eigenvalue weighted by molar-refractivity contribution is 5.81. The third-order valence-electron chi connectivity index (χ3n) is 9.69. The lowest BCUT2D eigenvalue weighted by molar-refractivity contribution is 0.123. The zero-order valence-corrected chi connectivity index (χ0v) is 23.4. The summed E-state index contributed by atoms with van der Waals surface area (Å²) in [4.78, 5) is 2.31. The topological polar surface area (TPSA) is 3.24 Å². The molecule has 0 aromatic heterocycles. The number of rotatable bonds is 4. The molecule has 0 saturated carbocycles. The van der Waals surface area contributed by atoms with Crippen LogP contribution in [-0.2, 0) is 10.8 Å². The average Bonchev–Trinajstić information content (AvgIpc) is 2.96. The summed E-state index contributed by atoms with van der Waals surface area (Å²) in [5, 5.41) is 0. The summed E-state index contributed by atoms with van der Waals surface area (Å²) in [6, 6.07) is 29.4. The average molecular weight is 492 g/mol. The van der Waals surface area contributed by atoms with Gasteiger partial charge in [0.2, 0.25) is 0 Å². The molecule has 5 rings (SSSR count). The molecule has 0 amide bonds. The van der Waals surface area contributed by atoms with Crippen molar-refractivity contribution in [1.82, 2.24) is 0 Å². The van der Waals surface area contributed by atoms with Crippen molar-refractivity contribution in [2.75, 3.05) is 4.90 Å². The van der Waals surface area contributed by atoms with Crippen molar-refractivity contribution in [3.8, 4) is 11.1 Å². The quantitative estimate of drug-likeness (QED) is 0.274. The molecule has 1 aliphatic carbocycles. The lowest BCUT2D eigenvalue weighted by Gasteiger charge is -2.44. The van der Waals surface area contributed by atoms with Crippen molar-refractivity contribution < 1.29 is 4.39 Å². The fourth-order valence-corrected chi connectivity index (χ4v) is 6.17. The van der Waals surface area contributed by atoms with E-state index in [4.69, 9.17) is 0 Å². The number of anilines is 3. The van der Waals surface area contributed by atoms with Gasteiger partial charge in [0.1, 0.15) is 5.82 Å². The summed E-state index contributed by atoms with van der Waals surface area (Å²) in [5.41, 5.74) is 9.29. The SMILES string of the molecule is Cc1ccccc1N(c1ccc(-c2cc(F)c3c(c2)C(C)(C)C(C)(C)C3(C)C)cc1)c1ccccc1C. The highest BCUT2D eigenvalue weighted by Crippen LogP contribution is 2.62. The molecule has 0 unspecified atom stereocenters. The smallest absolute Gasteiger partial charge is 0.127 e. The van der Waals surface area contributed by atoms with Crippen LogP contribution in [0.1, 0.15) is 63.8 Å². The molecule has 1 nitrogen and oxygen atoms in total. The fourth-order valence-electron chi connectivity index (χ4n) is 6.17. The minimum atomic E-state index is -0.250. The van der Waals surface area contributed by atoms with Crippen molar-refractivity contribution in [3.05, 3.63) is 113 Å². The van der Waals surface area contributed by atoms with E-state index in [1.807, 2.05) is 0 Å². The molecule has 0 atom stereocenters. The molecule has 37 heavy (non-hydrogen) atoms. The van der Waals surface area contributed by atoms with Crippen LogP contribution in [0.25, 0.3) is 11.1 Å². The van der Waals surface area contributed by atoms with E-state index in [1.54, 1.807) is 6.07 Å². The standard InChI is InChI=1S/C35H38FN/c1-23-13-9-11-15-30(23)37(31-16-12-10-14-24(31)2)27-19-17-25(18-20-27)26-21-28-32(29(36)22-26)34(5,6)35(7,8)33(28,3)4/h9-22H,1-8H3. The molecule has 0 fully saturated rings. The van der Waals surface area contributed by atoms with E-state index in [2.05, 4.69) is 139 Å². The first kappa shape index (κ1) is 25.3. The summed E-state index contributed by atoms with van der Waals surface area (Å²) in [7, 11) is 0. The van der Waals surface area contributed by atoms with Crippen LogP contribution >= 0.6 is 0 Å². The Hall–Kier alpha value is -3.39. The van der Waals surface area contributed by atoms with Gasteiger partial charge in [0.15, 0.2) is 0 Å². The molecule has 0 heterocycles. The van der Waals surface area contributed by atoms with E-state index in [-0.39, 0.29) is 22.1 Å². The second kappa shape index (κ2) is 8.58. The predicted octanol–water partition coefficient (Wildman–Crippen LogP) is 10.2. The number of nitrogens with zero attached hydrogens (tertiary/aromatic N) is 1. The van der Waals surface area contributed by atoms with Crippen molar-refractivity contribution in [2.45, 2.75) is 66.2 Å². The zero-order valence-electron chi connectivity index (χ0n) is 23.4. The molecule has 0 bridgehead atoms. The Morgan fingerprint density at radius 1 is 0.595 bits per heavy atom. The molecule has 0 radical (unpaired) electrons. The zero-order chi connectivity index (χ0) is 26.8. The third-order valence-corrected chi connectivity index (χ3v) is 9.69. The predicted molar refractivity (Wildman–Crippen MR) is 156 cm³/mol. The van der Waals surface area contributed by atoms with Gasteiger partial charge in [-0.05, 0) is 93.8 Å². The molecule has 0 spiro atoms. The van der Waals surface area contributed by atoms with E-state index < -0.39 is 0 Å². The summed E-state index contributed by atoms with van der Waals surface area (Å²) >= 11 is 0. The van der Waals surface area contributed by atoms with Crippen LogP contribution in [0.15, 0.2) is 84.9 Å². The second-order valence-electron chi connectivity index (χ2n) is 12.2. The normalized spacial score (nSPS) is 16.9. The highest BCUT2D eigenvalue weighted by atomic mass is 19.1. The number of fused-ring (bicyclic) bond motifs is 1. The Bertz CT molecular complexity index is 1430. The van der Waals surface area contributed by atoms with Crippen LogP contribution in [0.4, 0.5) is 21.5 Å². The monoisotopic (exact) mass is 491 g/mol. The van der Waals surface area contributed by atoms with E-state index in [9.17, 15) is 0 Å². The van der Waals surface area contributed by atoms with Gasteiger partial charge in [-0.3, -0.25) is 0 Å². The number of para-hydroxylation sites is 2. The molecule has 4 aromatic rings. The summed E-state index contributed by atoms with van der Waals surface area (Å²) in [6.07, 6.45) is 0. The van der Waals surface area contributed by atoms with E-state index in [0.29, 0.717) is 0 Å². The largest absolute Gasteiger partial charge is 0.310 e. The van der Waals surface area contributed by atoms with Gasteiger partial charge in [0.25, 0.3) is 0 Å². The molecule has 4 aromatic carbocycles. The van der Waals surface area contributed by atoms with Gasteiger partial charge in [-0.1, -0.05) is 96.1 Å². The number of hydrogen-bond acceptors (Lipinski definition) is 1. The number of halogens is 1. The lowest BCUT2D eigenvalue weighted by atomic mass is 9.59. The van der Waals surface area contributed by atoms with Crippen molar-refractivity contribution >= 4 is 17.1 Å². The minimum absolute atomic E-state index is 0.0761. The van der Waals surface area contributed by atoms with Gasteiger partial charge in [-0.15, -0.1) is 0 Å². The number of hydrogen-bond donors (Lipinski definition) is 0. The first-order chi connectivity index (χ1) is 17.4. The molecule has 0 saturated heterocycles. The maximum atomic E-state index is 15.8. The fraction of sp³-hybridized carbons (Fsp3) is 0.314. The van der Waals surface area contributed by atoms with Crippen LogP contribution in [-0.4, -0.2) is 0 Å². The molecule has 0 N–H and O–H groups in total. The van der Waals surface area contributed by atoms with Crippen molar-refractivity contribution in [1.29, 1.82) is 0 Å². The lowest BCUT2D eigenvalue weighted by Crippen LogP contribution is -2.42. The molecule has 1 aliphatic rings. The minimum Gasteiger partial charge on any atom is -0.310 e. The van der Waals surface area contributed by atoms with Gasteiger partial charge in [0, 0.05) is 17.1 Å². The van der Waals surface area contributed by atoms with Gasteiger partial charge in [-0.25, -0.2) is 4.39 Å². The van der Waals surface area contributed by atoms with E-state index in [0.717, 1.165) is 39.3 Å². The van der Waals surface area contributed by atoms with E-state index in [1.165, 1.54) is 11.1 Å². The van der Waals surface area contributed by atoms with Crippen LogP contribution in [0.5, 0.6) is 0 Å². The Kier molecular flexibility index (Phi) is 5.86. The third kappa shape index (κ3) is 3.72. The summed E-state index contributed by atoms with van der Waals surface area (Å²) in [6.45, 7) is 17.7. The number of aryl methyl sites for hydroxylation is 2. The van der Waals surface area contributed by atoms with Gasteiger partial charge >= 0.3 is 0 Å². The second-order valence-corrected chi connectivity index (χ2v) is 12.2. The molecule has 0 aliphatic heterocycles.